The van der Waals surface area contributed by atoms with Gasteiger partial charge in [-0.15, -0.1) is 0 Å². The highest BCUT2D eigenvalue weighted by atomic mass is 16.6. The maximum Gasteiger partial charge on any atom is 0.101 e. The van der Waals surface area contributed by atoms with E-state index in [9.17, 15) is 0 Å². The van der Waals surface area contributed by atoms with E-state index in [2.05, 4.69) is 33.0 Å². The highest BCUT2D eigenvalue weighted by Crippen LogP contribution is 2.25. The molecule has 0 aromatic carbocycles. The van der Waals surface area contributed by atoms with Crippen LogP contribution in [0.15, 0.2) is 0 Å². The van der Waals surface area contributed by atoms with Crippen LogP contribution in [0.5, 0.6) is 0 Å². The zero-order chi connectivity index (χ0) is 7.83. The Bertz CT molecular complexity index is 116. The normalized spacial score (nSPS) is 32.4. The second kappa shape index (κ2) is 2.21. The minimum Gasteiger partial charge on any atom is -0.369 e. The van der Waals surface area contributed by atoms with Gasteiger partial charge in [0.1, 0.15) is 5.60 Å². The molecular formula is C8H17NO. The largest absolute Gasteiger partial charge is 0.369 e. The Balaban J connectivity index is 2.17. The third-order valence-electron chi connectivity index (χ3n) is 1.63. The number of hydrogen-bond donors (Lipinski definition) is 1. The fraction of sp³-hybridized carbons (Fsp3) is 1.00. The molecule has 0 radical (unpaired) electrons. The van der Waals surface area contributed by atoms with E-state index in [0.717, 1.165) is 13.2 Å². The summed E-state index contributed by atoms with van der Waals surface area (Å²) in [6.07, 6.45) is 0. The van der Waals surface area contributed by atoms with Gasteiger partial charge >= 0.3 is 0 Å². The summed E-state index contributed by atoms with van der Waals surface area (Å²) < 4.78 is 5.23. The van der Waals surface area contributed by atoms with E-state index < -0.39 is 0 Å². The first-order valence-corrected chi connectivity index (χ1v) is 3.80. The number of rotatable bonds is 2. The first kappa shape index (κ1) is 8.02. The average molecular weight is 143 g/mol. The molecule has 0 amide bonds. The van der Waals surface area contributed by atoms with E-state index >= 15 is 0 Å². The van der Waals surface area contributed by atoms with Crippen LogP contribution in [0.1, 0.15) is 27.7 Å². The van der Waals surface area contributed by atoms with E-state index in [1.165, 1.54) is 0 Å². The van der Waals surface area contributed by atoms with Crippen molar-refractivity contribution >= 4 is 0 Å². The van der Waals surface area contributed by atoms with Crippen molar-refractivity contribution in [3.8, 4) is 0 Å². The highest BCUT2D eigenvalue weighted by molar-refractivity contribution is 4.91. The van der Waals surface area contributed by atoms with Crippen molar-refractivity contribution in [3.05, 3.63) is 0 Å². The summed E-state index contributed by atoms with van der Waals surface area (Å²) in [6.45, 7) is 10.5. The lowest BCUT2D eigenvalue weighted by Crippen LogP contribution is -2.41. The Labute approximate surface area is 63.0 Å². The molecule has 0 aliphatic carbocycles. The topological polar surface area (TPSA) is 24.6 Å². The van der Waals surface area contributed by atoms with Gasteiger partial charge in [-0.25, -0.2) is 0 Å². The summed E-state index contributed by atoms with van der Waals surface area (Å²) in [6, 6.07) is 0. The summed E-state index contributed by atoms with van der Waals surface area (Å²) in [4.78, 5) is 0. The van der Waals surface area contributed by atoms with E-state index in [4.69, 9.17) is 4.74 Å². The Hall–Kier alpha value is -0.0800. The summed E-state index contributed by atoms with van der Waals surface area (Å²) in [5.41, 5.74) is 0.363. The van der Waals surface area contributed by atoms with Crippen LogP contribution in [-0.4, -0.2) is 24.3 Å². The van der Waals surface area contributed by atoms with Crippen LogP contribution in [0.25, 0.3) is 0 Å². The van der Waals surface area contributed by atoms with Gasteiger partial charge in [-0.1, -0.05) is 0 Å². The van der Waals surface area contributed by atoms with E-state index in [1.54, 1.807) is 0 Å². The Morgan fingerprint density at radius 3 is 2.30 bits per heavy atom. The highest BCUT2D eigenvalue weighted by Gasteiger charge is 2.39. The molecule has 1 heterocycles. The van der Waals surface area contributed by atoms with Gasteiger partial charge in [-0.05, 0) is 27.7 Å². The lowest BCUT2D eigenvalue weighted by atomic mass is 10.1. The molecule has 10 heavy (non-hydrogen) atoms. The van der Waals surface area contributed by atoms with E-state index in [0.29, 0.717) is 0 Å². The van der Waals surface area contributed by atoms with Crippen molar-refractivity contribution in [3.63, 3.8) is 0 Å². The molecular weight excluding hydrogens is 126 g/mol. The zero-order valence-electron chi connectivity index (χ0n) is 7.32. The van der Waals surface area contributed by atoms with Gasteiger partial charge in [-0.2, -0.15) is 0 Å². The van der Waals surface area contributed by atoms with Gasteiger partial charge < -0.3 is 10.1 Å². The van der Waals surface area contributed by atoms with Crippen molar-refractivity contribution < 1.29 is 4.74 Å². The van der Waals surface area contributed by atoms with Gasteiger partial charge in [0.2, 0.25) is 0 Å². The number of ether oxygens (including phenoxy) is 1. The van der Waals surface area contributed by atoms with Gasteiger partial charge in [0.25, 0.3) is 0 Å². The zero-order valence-corrected chi connectivity index (χ0v) is 7.32. The molecule has 1 saturated heterocycles. The monoisotopic (exact) mass is 143 g/mol. The summed E-state index contributed by atoms with van der Waals surface area (Å²) >= 11 is 0. The lowest BCUT2D eigenvalue weighted by Gasteiger charge is -2.21. The first-order chi connectivity index (χ1) is 4.41. The third-order valence-corrected chi connectivity index (χ3v) is 1.63. The van der Waals surface area contributed by atoms with Crippen LogP contribution in [0.2, 0.25) is 0 Å². The molecule has 1 unspecified atom stereocenters. The van der Waals surface area contributed by atoms with Gasteiger partial charge in [0, 0.05) is 12.1 Å². The SMILES string of the molecule is CC(C)(C)NCC1(C)CO1. The molecule has 1 fully saturated rings. The molecule has 1 aliphatic heterocycles. The van der Waals surface area contributed by atoms with Crippen LogP contribution in [0, 0.1) is 0 Å². The maximum atomic E-state index is 5.23. The van der Waals surface area contributed by atoms with E-state index in [-0.39, 0.29) is 11.1 Å². The minimum absolute atomic E-state index is 0.146. The van der Waals surface area contributed by atoms with Crippen molar-refractivity contribution in [2.24, 2.45) is 0 Å². The smallest absolute Gasteiger partial charge is 0.101 e. The standard InChI is InChI=1S/C8H17NO/c1-7(2,3)9-5-8(4)6-10-8/h9H,5-6H2,1-4H3. The van der Waals surface area contributed by atoms with Crippen molar-refractivity contribution in [1.29, 1.82) is 0 Å². The van der Waals surface area contributed by atoms with E-state index in [1.807, 2.05) is 0 Å². The molecule has 1 rings (SSSR count). The average Bonchev–Trinajstić information content (AvgIpc) is 2.43. The number of nitrogens with one attached hydrogen (secondary N) is 1. The summed E-state index contributed by atoms with van der Waals surface area (Å²) in [7, 11) is 0. The molecule has 1 N–H and O–H groups in total. The van der Waals surface area contributed by atoms with Crippen molar-refractivity contribution in [2.45, 2.75) is 38.8 Å². The summed E-state index contributed by atoms with van der Waals surface area (Å²) in [5.74, 6) is 0. The maximum absolute atomic E-state index is 5.23. The quantitative estimate of drug-likeness (QED) is 0.587. The third kappa shape index (κ3) is 2.67. The van der Waals surface area contributed by atoms with Crippen molar-refractivity contribution in [2.75, 3.05) is 13.2 Å². The van der Waals surface area contributed by atoms with Gasteiger partial charge in [0.15, 0.2) is 0 Å². The molecule has 2 nitrogen and oxygen atoms in total. The van der Waals surface area contributed by atoms with Crippen LogP contribution >= 0.6 is 0 Å². The molecule has 0 bridgehead atoms. The predicted octanol–water partition coefficient (Wildman–Crippen LogP) is 1.16. The van der Waals surface area contributed by atoms with Crippen LogP contribution in [0.3, 0.4) is 0 Å². The molecule has 0 aromatic rings. The van der Waals surface area contributed by atoms with Crippen LogP contribution in [0.4, 0.5) is 0 Å². The molecule has 60 valence electrons. The second-order valence-electron chi connectivity index (χ2n) is 4.34. The summed E-state index contributed by atoms with van der Waals surface area (Å²) in [5, 5.41) is 3.40. The molecule has 0 saturated carbocycles. The van der Waals surface area contributed by atoms with Gasteiger partial charge in [0.05, 0.1) is 6.61 Å². The minimum atomic E-state index is 0.146. The number of epoxide rings is 1. The van der Waals surface area contributed by atoms with Crippen LogP contribution in [-0.2, 0) is 4.74 Å². The number of hydrogen-bond acceptors (Lipinski definition) is 2. The Morgan fingerprint density at radius 2 is 2.00 bits per heavy atom. The Morgan fingerprint density at radius 1 is 1.50 bits per heavy atom. The van der Waals surface area contributed by atoms with Crippen LogP contribution < -0.4 is 5.32 Å². The first-order valence-electron chi connectivity index (χ1n) is 3.80. The second-order valence-corrected chi connectivity index (χ2v) is 4.34. The molecule has 2 heteroatoms. The van der Waals surface area contributed by atoms with Gasteiger partial charge in [-0.3, -0.25) is 0 Å². The molecule has 0 aromatic heterocycles. The molecule has 1 aliphatic rings. The molecule has 0 spiro atoms. The molecule has 1 atom stereocenters. The predicted molar refractivity (Wildman–Crippen MR) is 42.1 cm³/mol. The fourth-order valence-corrected chi connectivity index (χ4v) is 0.677. The lowest BCUT2D eigenvalue weighted by molar-refractivity contribution is 0.286. The van der Waals surface area contributed by atoms with Crippen molar-refractivity contribution in [1.82, 2.24) is 5.32 Å². The fourth-order valence-electron chi connectivity index (χ4n) is 0.677. The Kier molecular flexibility index (Phi) is 1.77.